The Kier molecular flexibility index (Phi) is 35.3. The van der Waals surface area contributed by atoms with Crippen LogP contribution in [-0.4, -0.2) is 39.9 Å². The van der Waals surface area contributed by atoms with Crippen LogP contribution in [0.3, 0.4) is 0 Å². The van der Waals surface area contributed by atoms with Gasteiger partial charge in [0.1, 0.15) is 5.52 Å². The molecule has 18 heteroatoms. The number of pyridine rings is 9. The average Bonchev–Trinajstić information content (AvgIpc) is 1.64. The number of rotatable bonds is 6. The molecule has 657 valence electrons. The molecule has 24 rings (SSSR count). The summed E-state index contributed by atoms with van der Waals surface area (Å²) in [5, 5.41) is 14.2. The Balaban J connectivity index is 0.000000127. The Morgan fingerprint density at radius 1 is 0.271 bits per heavy atom. The van der Waals surface area contributed by atoms with Crippen LogP contribution in [0.1, 0.15) is 48.0 Å². The third-order valence-electron chi connectivity index (χ3n) is 20.7. The van der Waals surface area contributed by atoms with Crippen molar-refractivity contribution >= 4 is 163 Å². The van der Waals surface area contributed by atoms with Crippen molar-refractivity contribution in [2.75, 3.05) is 0 Å². The molecule has 0 aliphatic carbocycles. The molecule has 9 nitrogen and oxygen atoms in total. The summed E-state index contributed by atoms with van der Waals surface area (Å²) in [6, 6.07) is 128. The average molecular weight is 2360 g/mol. The summed E-state index contributed by atoms with van der Waals surface area (Å²) in [5.74, 6) is 0. The fourth-order valence-corrected chi connectivity index (χ4v) is 19.8. The Bertz CT molecular complexity index is 7310. The van der Waals surface area contributed by atoms with Gasteiger partial charge in [0.25, 0.3) is 0 Å². The Hall–Kier alpha value is -12.3. The van der Waals surface area contributed by atoms with Crippen LogP contribution in [0, 0.1) is 124 Å². The Morgan fingerprint density at radius 3 is 0.872 bits per heavy atom. The van der Waals surface area contributed by atoms with E-state index in [-0.39, 0.29) is 60.3 Å². The smallest absolute Gasteiger partial charge is 0.320 e. The molecule has 9 aromatic carbocycles. The van der Waals surface area contributed by atoms with Crippen LogP contribution in [0.15, 0.2) is 347 Å². The Labute approximate surface area is 842 Å². The second-order valence-corrected chi connectivity index (χ2v) is 37.4. The van der Waals surface area contributed by atoms with E-state index in [1.807, 2.05) is 206 Å². The van der Waals surface area contributed by atoms with E-state index in [9.17, 15) is 0 Å². The number of hydrogen-bond acceptors (Lipinski definition) is 14. The molecule has 0 aliphatic heterocycles. The third kappa shape index (κ3) is 25.6. The molecule has 15 heterocycles. The van der Waals surface area contributed by atoms with Crippen LogP contribution in [-0.2, 0) is 60.3 Å². The number of thiophene rings is 6. The van der Waals surface area contributed by atoms with Crippen LogP contribution in [0.5, 0.6) is 0 Å². The maximum atomic E-state index is 4.42. The standard InChI is InChI=1S/C15H12N.3C14H10NS.2C14H10N.3C10H8NS.3Ir/c1-11-5-3-7-14-13(11)9-8-12-6-4-10-16(2)15(12)14;3*1-10-5-6-11-9-14(16-13(11)8-10)12-4-2-3-7-15-12;2*1-10-4-2-6-13-12(10)8-7-11-5-3-9-15-14(11)13;3*1-8-5-6-10(12-8)9-4-2-3-7-11-9;;;/h3-6,8-10H,2H2,1H3;3*2-8H,1H3;2*2-5,7-9H,1H3;3*2-5,7H,1H3;;;/q9*-1;;2*+3. The zero-order valence-electron chi connectivity index (χ0n) is 74.1. The van der Waals surface area contributed by atoms with Crippen molar-refractivity contribution in [3.05, 3.63) is 457 Å². The van der Waals surface area contributed by atoms with Gasteiger partial charge in [-0.1, -0.05) is 250 Å². The van der Waals surface area contributed by atoms with Gasteiger partial charge in [-0.2, -0.15) is 36.4 Å². The minimum absolute atomic E-state index is 0. The molecule has 15 aromatic heterocycles. The van der Waals surface area contributed by atoms with Crippen LogP contribution in [0.2, 0.25) is 0 Å². The molecule has 0 spiro atoms. The molecule has 0 saturated heterocycles. The second-order valence-electron chi connectivity index (χ2n) is 30.5. The monoisotopic (exact) mass is 2360 g/mol. The molecule has 0 amide bonds. The molecule has 0 bridgehead atoms. The summed E-state index contributed by atoms with van der Waals surface area (Å²) in [6.07, 6.45) is 16.5. The number of aryl methyl sites for hydroxylation is 9. The number of nitrogens with zero attached hydrogens (tertiary/aromatic N) is 9. The van der Waals surface area contributed by atoms with Crippen molar-refractivity contribution in [3.8, 4) is 63.4 Å². The maximum absolute atomic E-state index is 4.42. The van der Waals surface area contributed by atoms with Gasteiger partial charge in [0.2, 0.25) is 0 Å². The third-order valence-corrected chi connectivity index (χ3v) is 26.9. The quantitative estimate of drug-likeness (QED) is 0.0921. The summed E-state index contributed by atoms with van der Waals surface area (Å²) in [6.45, 7) is 18.9. The normalized spacial score (nSPS) is 10.4. The van der Waals surface area contributed by atoms with E-state index < -0.39 is 0 Å². The van der Waals surface area contributed by atoms with Gasteiger partial charge in [-0.05, 0) is 137 Å². The van der Waals surface area contributed by atoms with Crippen molar-refractivity contribution < 1.29 is 64.9 Å². The fraction of sp³-hybridized carbons (Fsp3) is 0.0783. The molecule has 0 unspecified atom stereocenters. The molecule has 133 heavy (non-hydrogen) atoms. The summed E-state index contributed by atoms with van der Waals surface area (Å²) in [7, 11) is 4.03. The fourth-order valence-electron chi connectivity index (χ4n) is 14.2. The summed E-state index contributed by atoms with van der Waals surface area (Å²) in [5.41, 5.74) is 16.9. The van der Waals surface area contributed by atoms with Crippen molar-refractivity contribution in [1.29, 1.82) is 0 Å². The SMILES string of the molecule is Cc1c[c-]c(-c2ccccn2)s1.Cc1c[c-]c(-c2ccccn2)s1.Cc1c[c-]c(-c2ccccn2)s1.Cc1cc[c-]c2c1ccc1cccnc12.Cc1cc[c-]c2c1ccc1cccnc12.Cc1ccc2[c-]c(-c3ccccn3)sc2c1.Cc1ccc2[c-]c(-c3ccccn3)sc2c1.Cc1ccc2[c-]c(-c3ccccn3)sc2c1.[CH2-][n+]1cccc2ccc3c(C)cc[c-]c3c21.[Ir+3].[Ir+3].[Ir]. The van der Waals surface area contributed by atoms with Crippen LogP contribution in [0.25, 0.3) is 159 Å². The minimum atomic E-state index is 0. The number of aromatic nitrogens is 9. The van der Waals surface area contributed by atoms with Gasteiger partial charge in [0, 0.05) is 99.2 Å². The van der Waals surface area contributed by atoms with Crippen molar-refractivity contribution in [2.24, 2.45) is 0 Å². The van der Waals surface area contributed by atoms with Gasteiger partial charge >= 0.3 is 40.2 Å². The van der Waals surface area contributed by atoms with Gasteiger partial charge in [-0.15, -0.1) is 164 Å². The predicted octanol–water partition coefficient (Wildman–Crippen LogP) is 31.0. The van der Waals surface area contributed by atoms with Gasteiger partial charge in [0.05, 0.1) is 6.20 Å². The molecule has 0 aliphatic rings. The number of fused-ring (bicyclic) bond motifs is 12. The molecule has 1 radical (unpaired) electrons. The molecule has 24 aromatic rings. The van der Waals surface area contributed by atoms with Gasteiger partial charge < -0.3 is 44.4 Å². The molecular weight excluding hydrogens is 2280 g/mol. The van der Waals surface area contributed by atoms with Crippen molar-refractivity contribution in [2.45, 2.75) is 62.3 Å². The maximum Gasteiger partial charge on any atom is 3.00 e. The topological polar surface area (TPSA) is 107 Å². The van der Waals surface area contributed by atoms with Crippen molar-refractivity contribution in [1.82, 2.24) is 39.9 Å². The zero-order chi connectivity index (χ0) is 89.7. The zero-order valence-corrected chi connectivity index (χ0v) is 86.2. The largest absolute Gasteiger partial charge is 3.00 e. The molecule has 0 fully saturated rings. The van der Waals surface area contributed by atoms with E-state index in [4.69, 9.17) is 0 Å². The van der Waals surface area contributed by atoms with Crippen LogP contribution in [0.4, 0.5) is 0 Å². The molecular formula is C115H86Ir3N9S6-3. The van der Waals surface area contributed by atoms with Crippen molar-refractivity contribution in [3.63, 3.8) is 0 Å². The molecule has 0 saturated carbocycles. The van der Waals surface area contributed by atoms with E-state index in [1.54, 1.807) is 86.6 Å². The predicted molar refractivity (Wildman–Crippen MR) is 551 cm³/mol. The van der Waals surface area contributed by atoms with E-state index in [0.717, 1.165) is 96.1 Å². The first-order chi connectivity index (χ1) is 63.6. The van der Waals surface area contributed by atoms with Crippen LogP contribution >= 0.6 is 68.0 Å². The van der Waals surface area contributed by atoms with Gasteiger partial charge in [0.15, 0.2) is 0 Å². The number of hydrogen-bond donors (Lipinski definition) is 0. The summed E-state index contributed by atoms with van der Waals surface area (Å²) >= 11 is 10.4. The van der Waals surface area contributed by atoms with Crippen LogP contribution < -0.4 is 4.57 Å². The Morgan fingerprint density at radius 2 is 0.564 bits per heavy atom. The summed E-state index contributed by atoms with van der Waals surface area (Å²) < 4.78 is 5.75. The first-order valence-corrected chi connectivity index (χ1v) is 47.0. The van der Waals surface area contributed by atoms with Gasteiger partial charge in [-0.25, -0.2) is 68.0 Å². The second kappa shape index (κ2) is 47.9. The first kappa shape index (κ1) is 98.2. The van der Waals surface area contributed by atoms with E-state index in [2.05, 4.69) is 291 Å². The van der Waals surface area contributed by atoms with E-state index >= 15 is 0 Å². The van der Waals surface area contributed by atoms with Gasteiger partial charge in [-0.3, -0.25) is 0 Å². The minimum Gasteiger partial charge on any atom is -0.320 e. The number of benzene rings is 9. The van der Waals surface area contributed by atoms with E-state index in [0.29, 0.717) is 0 Å². The summed E-state index contributed by atoms with van der Waals surface area (Å²) in [4.78, 5) is 45.1. The molecule has 0 N–H and O–H groups in total. The first-order valence-electron chi connectivity index (χ1n) is 42.1. The molecule has 0 atom stereocenters. The van der Waals surface area contributed by atoms with E-state index in [1.165, 1.54) is 111 Å².